The highest BCUT2D eigenvalue weighted by Gasteiger charge is 2.20. The Balaban J connectivity index is 2.39. The lowest BCUT2D eigenvalue weighted by Gasteiger charge is -2.13. The number of sulfonamides is 1. The zero-order valence-corrected chi connectivity index (χ0v) is 13.5. The number of hydrogen-bond donors (Lipinski definition) is 2. The van der Waals surface area contributed by atoms with Gasteiger partial charge in [0.2, 0.25) is 0 Å². The van der Waals surface area contributed by atoms with E-state index < -0.39 is 15.8 Å². The molecule has 0 aliphatic rings. The maximum absolute atomic E-state index is 13.8. The van der Waals surface area contributed by atoms with Gasteiger partial charge in [-0.2, -0.15) is 0 Å². The fourth-order valence-corrected chi connectivity index (χ4v) is 3.23. The van der Waals surface area contributed by atoms with Crippen LogP contribution in [0.4, 0.5) is 15.8 Å². The Bertz CT molecular complexity index is 753. The average molecular weight is 374 g/mol. The molecule has 0 saturated carbocycles. The van der Waals surface area contributed by atoms with E-state index in [0.717, 1.165) is 0 Å². The largest absolute Gasteiger partial charge is 0.384 e. The second kappa shape index (κ2) is 6.40. The number of hydrogen-bond acceptors (Lipinski definition) is 4. The Labute approximate surface area is 130 Å². The summed E-state index contributed by atoms with van der Waals surface area (Å²) in [6, 6.07) is 5.64. The lowest BCUT2D eigenvalue weighted by molar-refractivity contribution is 0.598. The first-order valence-corrected chi connectivity index (χ1v) is 8.37. The summed E-state index contributed by atoms with van der Waals surface area (Å²) in [5.41, 5.74) is 0.294. The van der Waals surface area contributed by atoms with Crippen molar-refractivity contribution in [1.82, 2.24) is 4.98 Å². The molecule has 21 heavy (non-hydrogen) atoms. The van der Waals surface area contributed by atoms with Gasteiger partial charge in [-0.1, -0.05) is 15.9 Å². The van der Waals surface area contributed by atoms with Crippen LogP contribution in [-0.2, 0) is 10.0 Å². The van der Waals surface area contributed by atoms with Gasteiger partial charge in [-0.05, 0) is 31.2 Å². The van der Waals surface area contributed by atoms with Crippen LogP contribution in [0.2, 0.25) is 0 Å². The summed E-state index contributed by atoms with van der Waals surface area (Å²) in [5.74, 6) is -0.665. The van der Waals surface area contributed by atoms with Crippen LogP contribution in [0.15, 0.2) is 46.0 Å². The molecule has 1 aromatic carbocycles. The van der Waals surface area contributed by atoms with E-state index in [1.54, 1.807) is 12.1 Å². The predicted octanol–water partition coefficient (Wildman–Crippen LogP) is 3.22. The van der Waals surface area contributed by atoms with Gasteiger partial charge < -0.3 is 5.32 Å². The van der Waals surface area contributed by atoms with Crippen LogP contribution in [0.1, 0.15) is 6.92 Å². The molecule has 0 aliphatic heterocycles. The van der Waals surface area contributed by atoms with Crippen molar-refractivity contribution >= 4 is 37.3 Å². The molecule has 2 aromatic rings. The van der Waals surface area contributed by atoms with Crippen molar-refractivity contribution in [2.45, 2.75) is 11.8 Å². The second-order valence-corrected chi connectivity index (χ2v) is 6.70. The van der Waals surface area contributed by atoms with Crippen LogP contribution in [0, 0.1) is 5.82 Å². The van der Waals surface area contributed by atoms with E-state index in [-0.39, 0.29) is 10.6 Å². The molecule has 5 nitrogen and oxygen atoms in total. The Hall–Kier alpha value is -1.67. The Morgan fingerprint density at radius 1 is 1.29 bits per heavy atom. The summed E-state index contributed by atoms with van der Waals surface area (Å²) in [5, 5.41) is 2.93. The third kappa shape index (κ3) is 3.70. The van der Waals surface area contributed by atoms with Crippen LogP contribution >= 0.6 is 15.9 Å². The monoisotopic (exact) mass is 373 g/mol. The van der Waals surface area contributed by atoms with Crippen LogP contribution < -0.4 is 10.0 Å². The molecule has 2 N–H and O–H groups in total. The maximum atomic E-state index is 13.8. The van der Waals surface area contributed by atoms with Gasteiger partial charge in [0.25, 0.3) is 10.0 Å². The van der Waals surface area contributed by atoms with E-state index in [2.05, 4.69) is 31.0 Å². The van der Waals surface area contributed by atoms with Gasteiger partial charge >= 0.3 is 0 Å². The lowest BCUT2D eigenvalue weighted by atomic mass is 10.3. The topological polar surface area (TPSA) is 71.1 Å². The number of aromatic nitrogens is 1. The Morgan fingerprint density at radius 2 is 2.05 bits per heavy atom. The van der Waals surface area contributed by atoms with Crippen LogP contribution in [-0.4, -0.2) is 19.9 Å². The fourth-order valence-electron chi connectivity index (χ4n) is 1.70. The molecule has 0 fully saturated rings. The van der Waals surface area contributed by atoms with Crippen molar-refractivity contribution in [2.24, 2.45) is 0 Å². The van der Waals surface area contributed by atoms with Gasteiger partial charge in [0.15, 0.2) is 0 Å². The van der Waals surface area contributed by atoms with Gasteiger partial charge in [-0.15, -0.1) is 0 Å². The summed E-state index contributed by atoms with van der Waals surface area (Å²) < 4.78 is 41.2. The summed E-state index contributed by atoms with van der Waals surface area (Å²) in [6.07, 6.45) is 2.70. The van der Waals surface area contributed by atoms with E-state index in [1.165, 1.54) is 24.5 Å². The van der Waals surface area contributed by atoms with Crippen molar-refractivity contribution in [3.05, 3.63) is 46.9 Å². The van der Waals surface area contributed by atoms with Crippen molar-refractivity contribution in [1.29, 1.82) is 0 Å². The van der Waals surface area contributed by atoms with Gasteiger partial charge in [0, 0.05) is 23.4 Å². The van der Waals surface area contributed by atoms with E-state index in [9.17, 15) is 12.8 Å². The van der Waals surface area contributed by atoms with Crippen molar-refractivity contribution < 1.29 is 12.8 Å². The number of pyridine rings is 1. The first kappa shape index (κ1) is 15.7. The predicted molar refractivity (Wildman–Crippen MR) is 83.3 cm³/mol. The molecule has 1 heterocycles. The summed E-state index contributed by atoms with van der Waals surface area (Å²) >= 11 is 3.12. The quantitative estimate of drug-likeness (QED) is 0.843. The van der Waals surface area contributed by atoms with Crippen LogP contribution in [0.3, 0.4) is 0 Å². The molecule has 0 unspecified atom stereocenters. The van der Waals surface area contributed by atoms with E-state index in [1.807, 2.05) is 6.92 Å². The molecule has 0 atom stereocenters. The van der Waals surface area contributed by atoms with Gasteiger partial charge in [0.1, 0.15) is 10.7 Å². The minimum absolute atomic E-state index is 0.0332. The molecule has 0 aliphatic carbocycles. The van der Waals surface area contributed by atoms with Crippen LogP contribution in [0.25, 0.3) is 0 Å². The third-order valence-corrected chi connectivity index (χ3v) is 4.50. The van der Waals surface area contributed by atoms with Gasteiger partial charge in [-0.3, -0.25) is 9.71 Å². The molecule has 0 bridgehead atoms. The van der Waals surface area contributed by atoms with Crippen molar-refractivity contribution in [3.8, 4) is 0 Å². The molecule has 112 valence electrons. The Morgan fingerprint density at radius 3 is 2.71 bits per heavy atom. The van der Waals surface area contributed by atoms with E-state index in [4.69, 9.17) is 0 Å². The first-order valence-electron chi connectivity index (χ1n) is 6.10. The lowest BCUT2D eigenvalue weighted by Crippen LogP contribution is -2.16. The molecular formula is C13H13BrFN3O2S. The zero-order valence-electron chi connectivity index (χ0n) is 11.1. The fraction of sp³-hybridized carbons (Fsp3) is 0.154. The zero-order chi connectivity index (χ0) is 15.5. The first-order chi connectivity index (χ1) is 9.94. The maximum Gasteiger partial charge on any atom is 0.265 e. The molecular weight excluding hydrogens is 361 g/mol. The molecule has 8 heteroatoms. The number of halogens is 2. The van der Waals surface area contributed by atoms with E-state index >= 15 is 0 Å². The van der Waals surface area contributed by atoms with Gasteiger partial charge in [0.05, 0.1) is 11.4 Å². The SMILES string of the molecule is CCNc1ccncc1S(=O)(=O)Nc1ccc(Br)cc1F. The third-order valence-electron chi connectivity index (χ3n) is 2.62. The summed E-state index contributed by atoms with van der Waals surface area (Å²) in [6.45, 7) is 2.40. The molecule has 2 rings (SSSR count). The smallest absolute Gasteiger partial charge is 0.265 e. The van der Waals surface area contributed by atoms with Crippen molar-refractivity contribution in [3.63, 3.8) is 0 Å². The van der Waals surface area contributed by atoms with Crippen LogP contribution in [0.5, 0.6) is 0 Å². The summed E-state index contributed by atoms with van der Waals surface area (Å²) in [4.78, 5) is 3.78. The average Bonchev–Trinajstić information content (AvgIpc) is 2.43. The van der Waals surface area contributed by atoms with Gasteiger partial charge in [-0.25, -0.2) is 12.8 Å². The minimum atomic E-state index is -3.93. The number of nitrogens with zero attached hydrogens (tertiary/aromatic N) is 1. The highest BCUT2D eigenvalue weighted by Crippen LogP contribution is 2.25. The molecule has 0 radical (unpaired) electrons. The molecule has 0 amide bonds. The minimum Gasteiger partial charge on any atom is -0.384 e. The number of benzene rings is 1. The normalized spacial score (nSPS) is 11.2. The second-order valence-electron chi connectivity index (χ2n) is 4.13. The Kier molecular flexibility index (Phi) is 4.79. The highest BCUT2D eigenvalue weighted by molar-refractivity contribution is 9.10. The molecule has 0 spiro atoms. The standard InChI is InChI=1S/C13H13BrFN3O2S/c1-2-17-12-5-6-16-8-13(12)21(19,20)18-11-4-3-9(14)7-10(11)15/h3-8,18H,2H2,1H3,(H,16,17). The molecule has 1 aromatic heterocycles. The highest BCUT2D eigenvalue weighted by atomic mass is 79.9. The number of anilines is 2. The molecule has 0 saturated heterocycles. The number of rotatable bonds is 5. The van der Waals surface area contributed by atoms with Crippen molar-refractivity contribution in [2.75, 3.05) is 16.6 Å². The van der Waals surface area contributed by atoms with E-state index in [0.29, 0.717) is 16.7 Å². The summed E-state index contributed by atoms with van der Waals surface area (Å²) in [7, 11) is -3.93. The number of nitrogens with one attached hydrogen (secondary N) is 2.